The predicted octanol–water partition coefficient (Wildman–Crippen LogP) is 3.57. The van der Waals surface area contributed by atoms with Gasteiger partial charge >= 0.3 is 0 Å². The summed E-state index contributed by atoms with van der Waals surface area (Å²) in [6.45, 7) is 0.504. The zero-order valence-corrected chi connectivity index (χ0v) is 16.1. The van der Waals surface area contributed by atoms with Crippen molar-refractivity contribution in [3.8, 4) is 0 Å². The number of nitrogens with one attached hydrogen (secondary N) is 2. The molecule has 1 aromatic carbocycles. The Bertz CT molecular complexity index is 913. The molecule has 2 aliphatic carbocycles. The van der Waals surface area contributed by atoms with Crippen molar-refractivity contribution >= 4 is 33.0 Å². The van der Waals surface area contributed by atoms with Crippen LogP contribution in [0.15, 0.2) is 34.5 Å². The topological polar surface area (TPSA) is 75.3 Å². The van der Waals surface area contributed by atoms with E-state index in [9.17, 15) is 13.2 Å². The lowest BCUT2D eigenvalue weighted by atomic mass is 9.95. The molecule has 4 rings (SSSR count). The molecule has 1 amide bonds. The lowest BCUT2D eigenvalue weighted by molar-refractivity contribution is 0.102. The Balaban J connectivity index is 1.44. The van der Waals surface area contributed by atoms with Crippen LogP contribution >= 0.6 is 11.3 Å². The number of benzene rings is 1. The molecule has 1 aromatic heterocycles. The average molecular weight is 391 g/mol. The van der Waals surface area contributed by atoms with E-state index in [-0.39, 0.29) is 10.8 Å². The molecule has 1 heterocycles. The molecule has 0 unspecified atom stereocenters. The summed E-state index contributed by atoms with van der Waals surface area (Å²) in [6.07, 6.45) is 6.54. The van der Waals surface area contributed by atoms with Gasteiger partial charge < -0.3 is 5.32 Å². The van der Waals surface area contributed by atoms with Crippen LogP contribution in [0.3, 0.4) is 0 Å². The Labute approximate surface area is 157 Å². The number of carbonyl (C=O) groups excluding carboxylic acids is 1. The fraction of sp³-hybridized carbons (Fsp3) is 0.421. The van der Waals surface area contributed by atoms with E-state index in [4.69, 9.17) is 0 Å². The number of rotatable bonds is 6. The largest absolute Gasteiger partial charge is 0.322 e. The normalized spacial score (nSPS) is 16.9. The number of amides is 1. The number of aryl methyl sites for hydroxylation is 1. The van der Waals surface area contributed by atoms with Gasteiger partial charge in [0.25, 0.3) is 5.91 Å². The zero-order chi connectivity index (χ0) is 18.1. The van der Waals surface area contributed by atoms with Crippen LogP contribution in [0.25, 0.3) is 0 Å². The Hall–Kier alpha value is -1.70. The molecule has 0 saturated heterocycles. The van der Waals surface area contributed by atoms with Gasteiger partial charge in [-0.25, -0.2) is 13.1 Å². The van der Waals surface area contributed by atoms with E-state index in [0.717, 1.165) is 37.7 Å². The number of anilines is 1. The van der Waals surface area contributed by atoms with Gasteiger partial charge in [0, 0.05) is 22.5 Å². The van der Waals surface area contributed by atoms with E-state index in [1.165, 1.54) is 29.0 Å². The maximum absolute atomic E-state index is 12.6. The Kier molecular flexibility index (Phi) is 4.86. The molecular formula is C19H22N2O3S2. The van der Waals surface area contributed by atoms with Gasteiger partial charge in [-0.1, -0.05) is 0 Å². The highest BCUT2D eigenvalue weighted by Gasteiger charge is 2.24. The third-order valence-electron chi connectivity index (χ3n) is 4.99. The second-order valence-corrected chi connectivity index (χ2v) is 9.76. The van der Waals surface area contributed by atoms with Gasteiger partial charge in [0.05, 0.1) is 10.5 Å². The molecule has 2 aliphatic rings. The summed E-state index contributed by atoms with van der Waals surface area (Å²) in [6, 6.07) is 6.35. The Morgan fingerprint density at radius 3 is 2.58 bits per heavy atom. The smallest absolute Gasteiger partial charge is 0.256 e. The van der Waals surface area contributed by atoms with Crippen LogP contribution in [0.2, 0.25) is 0 Å². The van der Waals surface area contributed by atoms with E-state index in [2.05, 4.69) is 10.0 Å². The molecule has 0 atom stereocenters. The minimum atomic E-state index is -3.48. The summed E-state index contributed by atoms with van der Waals surface area (Å²) < 4.78 is 27.1. The van der Waals surface area contributed by atoms with Gasteiger partial charge in [0.2, 0.25) is 10.0 Å². The van der Waals surface area contributed by atoms with E-state index >= 15 is 0 Å². The quantitative estimate of drug-likeness (QED) is 0.792. The molecular weight excluding hydrogens is 368 g/mol. The third kappa shape index (κ3) is 3.84. The van der Waals surface area contributed by atoms with Gasteiger partial charge in [-0.15, -0.1) is 11.3 Å². The zero-order valence-electron chi connectivity index (χ0n) is 14.5. The molecule has 5 nitrogen and oxygen atoms in total. The molecule has 0 aliphatic heterocycles. The molecule has 7 heteroatoms. The standard InChI is InChI=1S/C19H22N2O3S2/c22-19(17-12-25-18-4-2-1-3-16(17)18)21-14-7-9-15(10-8-14)26(23,24)20-11-13-5-6-13/h7-10,12-13,20H,1-6,11H2,(H,21,22). The van der Waals surface area contributed by atoms with Crippen molar-refractivity contribution in [1.29, 1.82) is 0 Å². The minimum absolute atomic E-state index is 0.119. The van der Waals surface area contributed by atoms with Crippen molar-refractivity contribution < 1.29 is 13.2 Å². The van der Waals surface area contributed by atoms with Crippen molar-refractivity contribution in [2.24, 2.45) is 5.92 Å². The molecule has 1 fully saturated rings. The fourth-order valence-electron chi connectivity index (χ4n) is 3.23. The van der Waals surface area contributed by atoms with Gasteiger partial charge in [-0.2, -0.15) is 0 Å². The van der Waals surface area contributed by atoms with Crippen LogP contribution in [-0.4, -0.2) is 20.9 Å². The van der Waals surface area contributed by atoms with Crippen LogP contribution in [0.1, 0.15) is 46.5 Å². The maximum atomic E-state index is 12.6. The minimum Gasteiger partial charge on any atom is -0.322 e. The van der Waals surface area contributed by atoms with Gasteiger partial charge in [-0.05, 0) is 74.3 Å². The number of sulfonamides is 1. The molecule has 1 saturated carbocycles. The fourth-order valence-corrected chi connectivity index (χ4v) is 5.48. The number of fused-ring (bicyclic) bond motifs is 1. The first-order chi connectivity index (χ1) is 12.5. The maximum Gasteiger partial charge on any atom is 0.256 e. The number of thiophene rings is 1. The van der Waals surface area contributed by atoms with Crippen molar-refractivity contribution in [2.45, 2.75) is 43.4 Å². The first-order valence-corrected chi connectivity index (χ1v) is 11.4. The second-order valence-electron chi connectivity index (χ2n) is 7.03. The summed E-state index contributed by atoms with van der Waals surface area (Å²) in [5.74, 6) is 0.367. The van der Waals surface area contributed by atoms with Gasteiger partial charge in [0.1, 0.15) is 0 Å². The van der Waals surface area contributed by atoms with Crippen molar-refractivity contribution in [3.05, 3.63) is 45.6 Å². The van der Waals surface area contributed by atoms with Crippen molar-refractivity contribution in [3.63, 3.8) is 0 Å². The van der Waals surface area contributed by atoms with Crippen molar-refractivity contribution in [1.82, 2.24) is 4.72 Å². The van der Waals surface area contributed by atoms with Gasteiger partial charge in [0.15, 0.2) is 0 Å². The van der Waals surface area contributed by atoms with E-state index in [1.807, 2.05) is 5.38 Å². The summed E-state index contributed by atoms with van der Waals surface area (Å²) in [7, 11) is -3.48. The first-order valence-electron chi connectivity index (χ1n) is 9.03. The van der Waals surface area contributed by atoms with Crippen LogP contribution in [0.4, 0.5) is 5.69 Å². The molecule has 2 aromatic rings. The second kappa shape index (κ2) is 7.13. The molecule has 0 bridgehead atoms. The summed E-state index contributed by atoms with van der Waals surface area (Å²) >= 11 is 1.66. The molecule has 0 radical (unpaired) electrons. The lowest BCUT2D eigenvalue weighted by Crippen LogP contribution is -2.25. The molecule has 138 valence electrons. The highest BCUT2D eigenvalue weighted by molar-refractivity contribution is 7.89. The number of carbonyl (C=O) groups is 1. The average Bonchev–Trinajstić information content (AvgIpc) is 3.37. The third-order valence-corrected chi connectivity index (χ3v) is 7.52. The number of hydrogen-bond acceptors (Lipinski definition) is 4. The molecule has 2 N–H and O–H groups in total. The summed E-state index contributed by atoms with van der Waals surface area (Å²) in [5, 5.41) is 4.82. The summed E-state index contributed by atoms with van der Waals surface area (Å²) in [5.41, 5.74) is 2.54. The van der Waals surface area contributed by atoms with E-state index in [0.29, 0.717) is 18.2 Å². The Morgan fingerprint density at radius 2 is 1.85 bits per heavy atom. The lowest BCUT2D eigenvalue weighted by Gasteiger charge is -2.13. The number of hydrogen-bond donors (Lipinski definition) is 2. The van der Waals surface area contributed by atoms with Crippen LogP contribution in [0, 0.1) is 5.92 Å². The molecule has 26 heavy (non-hydrogen) atoms. The van der Waals surface area contributed by atoms with E-state index < -0.39 is 10.0 Å². The van der Waals surface area contributed by atoms with Gasteiger partial charge in [-0.3, -0.25) is 4.79 Å². The van der Waals surface area contributed by atoms with Crippen molar-refractivity contribution in [2.75, 3.05) is 11.9 Å². The van der Waals surface area contributed by atoms with Crippen LogP contribution in [0.5, 0.6) is 0 Å². The van der Waals surface area contributed by atoms with Crippen LogP contribution < -0.4 is 10.0 Å². The monoisotopic (exact) mass is 390 g/mol. The highest BCUT2D eigenvalue weighted by atomic mass is 32.2. The summed E-state index contributed by atoms with van der Waals surface area (Å²) in [4.78, 5) is 14.1. The SMILES string of the molecule is O=C(Nc1ccc(S(=O)(=O)NCC2CC2)cc1)c1csc2c1CCCC2. The van der Waals surface area contributed by atoms with E-state index in [1.54, 1.807) is 23.5 Å². The Morgan fingerprint density at radius 1 is 1.12 bits per heavy atom. The highest BCUT2D eigenvalue weighted by Crippen LogP contribution is 2.31. The van der Waals surface area contributed by atoms with Crippen LogP contribution in [-0.2, 0) is 22.9 Å². The first kappa shape index (κ1) is 17.7. The predicted molar refractivity (Wildman–Crippen MR) is 103 cm³/mol. The molecule has 0 spiro atoms.